The lowest BCUT2D eigenvalue weighted by molar-refractivity contribution is -0.234. The molecule has 3 fully saturated rings. The van der Waals surface area contributed by atoms with Gasteiger partial charge in [0.15, 0.2) is 0 Å². The maximum Gasteiger partial charge on any atom is 0.302 e. The molecular formula is C51H48O6. The van der Waals surface area contributed by atoms with Gasteiger partial charge in [-0.25, -0.2) is 0 Å². The summed E-state index contributed by atoms with van der Waals surface area (Å²) in [6.45, 7) is 25.7. The molecule has 0 aromatic heterocycles. The molecule has 0 aromatic rings. The Balaban J connectivity index is 1.79. The summed E-state index contributed by atoms with van der Waals surface area (Å²) in [5.41, 5.74) is -2.91. The lowest BCUT2D eigenvalue weighted by atomic mass is 9.94. The summed E-state index contributed by atoms with van der Waals surface area (Å²) in [5, 5.41) is 0. The smallest absolute Gasteiger partial charge is 0.302 e. The zero-order chi connectivity index (χ0) is 42.0. The van der Waals surface area contributed by atoms with Crippen LogP contribution in [0.2, 0.25) is 0 Å². The van der Waals surface area contributed by atoms with Crippen molar-refractivity contribution in [3.8, 4) is 142 Å². The van der Waals surface area contributed by atoms with Crippen LogP contribution in [0.15, 0.2) is 0 Å². The molecule has 4 rings (SSSR count). The highest BCUT2D eigenvalue weighted by atomic mass is 16.7. The molecule has 0 bridgehead atoms. The van der Waals surface area contributed by atoms with Crippen molar-refractivity contribution in [1.29, 1.82) is 0 Å². The van der Waals surface area contributed by atoms with Gasteiger partial charge in [-0.3, -0.25) is 0 Å². The third-order valence-electron chi connectivity index (χ3n) is 7.98. The Morgan fingerprint density at radius 3 is 0.526 bits per heavy atom. The molecule has 0 unspecified atom stereocenters. The van der Waals surface area contributed by atoms with Gasteiger partial charge in [0.1, 0.15) is 0 Å². The van der Waals surface area contributed by atoms with Gasteiger partial charge in [0.25, 0.3) is 0 Å². The molecule has 3 spiro atoms. The van der Waals surface area contributed by atoms with Crippen LogP contribution in [0.5, 0.6) is 0 Å². The van der Waals surface area contributed by atoms with Crippen LogP contribution in [0, 0.1) is 175 Å². The Bertz CT molecular complexity index is 1980. The zero-order valence-corrected chi connectivity index (χ0v) is 35.2. The molecule has 0 aromatic carbocycles. The van der Waals surface area contributed by atoms with E-state index in [4.69, 9.17) is 28.4 Å². The van der Waals surface area contributed by atoms with Gasteiger partial charge in [0, 0.05) is 16.2 Å². The molecule has 0 amide bonds. The van der Waals surface area contributed by atoms with E-state index >= 15 is 0 Å². The fourth-order valence-electron chi connectivity index (χ4n) is 4.46. The maximum absolute atomic E-state index is 6.06. The van der Waals surface area contributed by atoms with Crippen LogP contribution in [0.4, 0.5) is 0 Å². The third-order valence-corrected chi connectivity index (χ3v) is 7.98. The molecule has 288 valence electrons. The van der Waals surface area contributed by atoms with Gasteiger partial charge in [-0.2, -0.15) is 0 Å². The van der Waals surface area contributed by atoms with Crippen molar-refractivity contribution in [3.63, 3.8) is 0 Å². The highest BCUT2D eigenvalue weighted by Gasteiger charge is 2.40. The monoisotopic (exact) mass is 756 g/mol. The molecular weight excluding hydrogens is 709 g/mol. The molecule has 0 atom stereocenters. The fraction of sp³-hybridized carbons (Fsp3) is 0.529. The highest BCUT2D eigenvalue weighted by Crippen LogP contribution is 2.31. The molecule has 4 aliphatic rings. The maximum atomic E-state index is 6.06. The first-order valence-electron chi connectivity index (χ1n) is 18.6. The molecule has 3 aliphatic heterocycles. The van der Waals surface area contributed by atoms with E-state index in [0.29, 0.717) is 39.6 Å². The van der Waals surface area contributed by atoms with Gasteiger partial charge in [0.2, 0.25) is 0 Å². The lowest BCUT2D eigenvalue weighted by Crippen LogP contribution is -2.45. The van der Waals surface area contributed by atoms with Crippen molar-refractivity contribution in [2.75, 3.05) is 39.6 Å². The fourth-order valence-corrected chi connectivity index (χ4v) is 4.46. The van der Waals surface area contributed by atoms with Crippen molar-refractivity contribution in [2.24, 2.45) is 32.5 Å². The molecule has 1 aliphatic carbocycles. The Hall–Kier alpha value is -5.52. The van der Waals surface area contributed by atoms with E-state index < -0.39 is 33.6 Å². The van der Waals surface area contributed by atoms with Crippen molar-refractivity contribution < 1.29 is 28.4 Å². The predicted molar refractivity (Wildman–Crippen MR) is 220 cm³/mol. The SMILES string of the molecule is CC1(C)C#CC#CC2(C#CC#CC(C)(C)C#CC#CC3(C#CC#CC(C)(C)C#CC#CC4(C#CC#C1)OCC(C)(C)CO4)OCC(C)(C)CO3)OCC(C)(C)CO2. The second-order valence-electron chi connectivity index (χ2n) is 17.9. The summed E-state index contributed by atoms with van der Waals surface area (Å²) >= 11 is 0. The van der Waals surface area contributed by atoms with Crippen molar-refractivity contribution in [1.82, 2.24) is 0 Å². The first-order chi connectivity index (χ1) is 26.5. The van der Waals surface area contributed by atoms with E-state index in [0.717, 1.165) is 0 Å². The van der Waals surface area contributed by atoms with Crippen molar-refractivity contribution in [3.05, 3.63) is 0 Å². The number of rotatable bonds is 0. The summed E-state index contributed by atoms with van der Waals surface area (Å²) in [6, 6.07) is 0. The van der Waals surface area contributed by atoms with E-state index in [1.807, 2.05) is 83.1 Å². The third kappa shape index (κ3) is 14.5. The molecule has 3 heterocycles. The van der Waals surface area contributed by atoms with Gasteiger partial charge in [0.05, 0.1) is 55.9 Å². The average molecular weight is 757 g/mol. The summed E-state index contributed by atoms with van der Waals surface area (Å²) in [6.07, 6.45) is 0. The van der Waals surface area contributed by atoms with E-state index in [9.17, 15) is 0 Å². The second kappa shape index (κ2) is 17.3. The van der Waals surface area contributed by atoms with E-state index in [-0.39, 0.29) is 16.2 Å². The van der Waals surface area contributed by atoms with Crippen LogP contribution in [-0.4, -0.2) is 57.0 Å². The summed E-state index contributed by atoms with van der Waals surface area (Å²) < 4.78 is 36.3. The minimum Gasteiger partial charge on any atom is -0.329 e. The molecule has 0 radical (unpaired) electrons. The van der Waals surface area contributed by atoms with Crippen molar-refractivity contribution in [2.45, 2.75) is 100 Å². The summed E-state index contributed by atoms with van der Waals surface area (Å²) in [4.78, 5) is 0. The quantitative estimate of drug-likeness (QED) is 0.308. The first-order valence-corrected chi connectivity index (χ1v) is 18.6. The van der Waals surface area contributed by atoms with Crippen LogP contribution in [0.1, 0.15) is 83.1 Å². The molecule has 6 heteroatoms. The predicted octanol–water partition coefficient (Wildman–Crippen LogP) is 5.43. The Morgan fingerprint density at radius 1 is 0.228 bits per heavy atom. The number of hydrogen-bond donors (Lipinski definition) is 0. The topological polar surface area (TPSA) is 55.4 Å². The van der Waals surface area contributed by atoms with E-state index in [2.05, 4.69) is 142 Å². The molecule has 0 saturated carbocycles. The van der Waals surface area contributed by atoms with Gasteiger partial charge >= 0.3 is 17.4 Å². The largest absolute Gasteiger partial charge is 0.329 e. The van der Waals surface area contributed by atoms with Crippen LogP contribution in [0.25, 0.3) is 0 Å². The van der Waals surface area contributed by atoms with E-state index in [1.165, 1.54) is 0 Å². The minimum atomic E-state index is -1.50. The first kappa shape index (κ1) is 44.2. The van der Waals surface area contributed by atoms with Crippen LogP contribution in [-0.2, 0) is 28.4 Å². The Labute approximate surface area is 342 Å². The highest BCUT2D eigenvalue weighted by molar-refractivity contribution is 5.45. The zero-order valence-electron chi connectivity index (χ0n) is 35.2. The molecule has 6 nitrogen and oxygen atoms in total. The standard InChI is InChI=1S/C51H48O6/c1-43(2)25-13-19-31-49(52-37-46(7,8)38-53-49)33-21-15-27-44(3,4)29-17-23-35-51(56-41-48(11,12)42-57-51)36-24-18-30-45(5,6)28-16-22-34-50(32-20-14-26-43)54-39-47(9,10)40-55-50/h37-42H2,1-12H3. The van der Waals surface area contributed by atoms with Crippen molar-refractivity contribution >= 4 is 0 Å². The lowest BCUT2D eigenvalue weighted by Gasteiger charge is -2.37. The van der Waals surface area contributed by atoms with Gasteiger partial charge < -0.3 is 28.4 Å². The van der Waals surface area contributed by atoms with E-state index in [1.54, 1.807) is 0 Å². The van der Waals surface area contributed by atoms with Crippen LogP contribution in [0.3, 0.4) is 0 Å². The Kier molecular flexibility index (Phi) is 13.4. The normalized spacial score (nSPS) is 24.2. The Morgan fingerprint density at radius 2 is 0.368 bits per heavy atom. The molecule has 3 saturated heterocycles. The van der Waals surface area contributed by atoms with Crippen LogP contribution < -0.4 is 0 Å². The van der Waals surface area contributed by atoms with Gasteiger partial charge in [-0.1, -0.05) is 77.1 Å². The summed E-state index contributed by atoms with van der Waals surface area (Å²) in [5.74, 6) is 66.1. The average Bonchev–Trinajstić information content (AvgIpc) is 3.13. The number of hydrogen-bond acceptors (Lipinski definition) is 6. The second-order valence-corrected chi connectivity index (χ2v) is 17.9. The van der Waals surface area contributed by atoms with Gasteiger partial charge in [-0.05, 0) is 148 Å². The number of ether oxygens (including phenoxy) is 6. The minimum absolute atomic E-state index is 0.212. The molecule has 0 N–H and O–H groups in total. The molecule has 57 heavy (non-hydrogen) atoms. The summed E-state index contributed by atoms with van der Waals surface area (Å²) in [7, 11) is 0. The van der Waals surface area contributed by atoms with Crippen LogP contribution >= 0.6 is 0 Å². The van der Waals surface area contributed by atoms with Gasteiger partial charge in [-0.15, -0.1) is 0 Å².